The molecule has 0 atom stereocenters. The molecule has 2 saturated heterocycles. The molecular formula is C48H59BrN4O7S. The zero-order valence-corrected chi connectivity index (χ0v) is 38.0. The van der Waals surface area contributed by atoms with Crippen molar-refractivity contribution in [1.29, 1.82) is 0 Å². The molecule has 4 aromatic rings. The lowest BCUT2D eigenvalue weighted by molar-refractivity contribution is -0.127. The Morgan fingerprint density at radius 3 is 1.98 bits per heavy atom. The van der Waals surface area contributed by atoms with Gasteiger partial charge in [-0.15, -0.1) is 0 Å². The second-order valence-corrected chi connectivity index (χ2v) is 18.1. The number of amides is 2. The van der Waals surface area contributed by atoms with Crippen LogP contribution < -0.4 is 30.4 Å². The van der Waals surface area contributed by atoms with Crippen LogP contribution in [0.25, 0.3) is 6.08 Å². The fourth-order valence-electron chi connectivity index (χ4n) is 8.64. The Balaban J connectivity index is 0.000000185. The van der Waals surface area contributed by atoms with Crippen molar-refractivity contribution in [1.82, 2.24) is 9.80 Å². The van der Waals surface area contributed by atoms with Gasteiger partial charge in [0.2, 0.25) is 5.91 Å². The molecule has 5 heterocycles. The molecule has 0 aliphatic carbocycles. The zero-order chi connectivity index (χ0) is 43.0. The summed E-state index contributed by atoms with van der Waals surface area (Å²) in [4.78, 5) is 30.7. The zero-order valence-electron chi connectivity index (χ0n) is 35.6. The van der Waals surface area contributed by atoms with Gasteiger partial charge in [-0.3, -0.25) is 9.59 Å². The number of hydrogen-bond donors (Lipinski definition) is 2. The third-order valence-electron chi connectivity index (χ3n) is 12.4. The van der Waals surface area contributed by atoms with E-state index in [1.165, 1.54) is 22.5 Å². The van der Waals surface area contributed by atoms with Gasteiger partial charge in [0.1, 0.15) is 23.9 Å². The number of nitrogens with zero attached hydrogens (tertiary/aromatic N) is 2. The SMILES string of the molecule is CCCOc1sc(C(=O)N2CCC3(CC2)COc2ccc(CN)cc23)c(C)c1Br.CCOCCOc1cccc(/C=C/C(=O)N2CCC3(CC2)COc2ccc(CN)cc23)c1. The van der Waals surface area contributed by atoms with Gasteiger partial charge in [-0.25, -0.2) is 0 Å². The maximum Gasteiger partial charge on any atom is 0.264 e. The Hall–Kier alpha value is -4.40. The van der Waals surface area contributed by atoms with E-state index in [1.807, 2.05) is 78.3 Å². The van der Waals surface area contributed by atoms with E-state index in [0.717, 1.165) is 112 Å². The number of ether oxygens (including phenoxy) is 5. The first-order valence-electron chi connectivity index (χ1n) is 21.5. The van der Waals surface area contributed by atoms with Crippen LogP contribution in [0.5, 0.6) is 22.3 Å². The van der Waals surface area contributed by atoms with E-state index >= 15 is 0 Å². The van der Waals surface area contributed by atoms with Crippen LogP contribution >= 0.6 is 27.3 Å². The molecule has 0 unspecified atom stereocenters. The quantitative estimate of drug-likeness (QED) is 0.101. The molecule has 3 aromatic carbocycles. The number of nitrogens with two attached hydrogens (primary N) is 2. The van der Waals surface area contributed by atoms with Crippen molar-refractivity contribution in [3.8, 4) is 22.3 Å². The molecule has 4 aliphatic rings. The van der Waals surface area contributed by atoms with Crippen LogP contribution in [0.3, 0.4) is 0 Å². The largest absolute Gasteiger partial charge is 0.492 e. The minimum atomic E-state index is -0.00579. The van der Waals surface area contributed by atoms with Gasteiger partial charge in [0.15, 0.2) is 5.06 Å². The molecule has 0 saturated carbocycles. The van der Waals surface area contributed by atoms with Crippen molar-refractivity contribution in [2.24, 2.45) is 11.5 Å². The molecule has 326 valence electrons. The van der Waals surface area contributed by atoms with Crippen molar-refractivity contribution in [3.63, 3.8) is 0 Å². The Kier molecular flexibility index (Phi) is 14.8. The Labute approximate surface area is 372 Å². The number of fused-ring (bicyclic) bond motifs is 4. The number of hydrogen-bond acceptors (Lipinski definition) is 10. The summed E-state index contributed by atoms with van der Waals surface area (Å²) >= 11 is 5.04. The van der Waals surface area contributed by atoms with Crippen molar-refractivity contribution in [2.45, 2.75) is 76.8 Å². The van der Waals surface area contributed by atoms with Crippen LogP contribution in [0.1, 0.15) is 89.0 Å². The Morgan fingerprint density at radius 2 is 1.41 bits per heavy atom. The fourth-order valence-corrected chi connectivity index (χ4v) is 10.4. The van der Waals surface area contributed by atoms with Crippen LogP contribution in [0, 0.1) is 6.92 Å². The van der Waals surface area contributed by atoms with E-state index in [2.05, 4.69) is 35.0 Å². The molecule has 4 N–H and O–H groups in total. The second kappa shape index (κ2) is 20.2. The molecule has 8 rings (SSSR count). The molecule has 0 bridgehead atoms. The number of halogens is 1. The van der Waals surface area contributed by atoms with Crippen LogP contribution in [-0.2, 0) is 33.5 Å². The van der Waals surface area contributed by atoms with Crippen LogP contribution in [0.4, 0.5) is 0 Å². The number of benzene rings is 3. The topological polar surface area (TPSA) is 139 Å². The van der Waals surface area contributed by atoms with Gasteiger partial charge in [-0.2, -0.15) is 0 Å². The lowest BCUT2D eigenvalue weighted by Crippen LogP contribution is -2.46. The fraction of sp³-hybridized carbons (Fsp3) is 0.458. The van der Waals surface area contributed by atoms with E-state index < -0.39 is 0 Å². The van der Waals surface area contributed by atoms with Crippen LogP contribution in [0.15, 0.2) is 71.2 Å². The van der Waals surface area contributed by atoms with Gasteiger partial charge in [-0.05, 0) is 114 Å². The predicted molar refractivity (Wildman–Crippen MR) is 244 cm³/mol. The summed E-state index contributed by atoms with van der Waals surface area (Å²) in [5.74, 6) is 2.85. The average Bonchev–Trinajstić information content (AvgIpc) is 3.93. The summed E-state index contributed by atoms with van der Waals surface area (Å²) in [6, 6.07) is 20.2. The van der Waals surface area contributed by atoms with E-state index in [0.29, 0.717) is 52.7 Å². The minimum absolute atomic E-state index is 0.00221. The Bertz CT molecular complexity index is 2190. The number of rotatable bonds is 13. The van der Waals surface area contributed by atoms with Crippen molar-refractivity contribution in [2.75, 3.05) is 65.8 Å². The molecule has 4 aliphatic heterocycles. The lowest BCUT2D eigenvalue weighted by Gasteiger charge is -2.38. The maximum atomic E-state index is 13.2. The monoisotopic (exact) mass is 914 g/mol. The highest BCUT2D eigenvalue weighted by atomic mass is 79.9. The maximum absolute atomic E-state index is 13.2. The summed E-state index contributed by atoms with van der Waals surface area (Å²) in [6.45, 7) is 13.8. The molecule has 11 nitrogen and oxygen atoms in total. The van der Waals surface area contributed by atoms with Gasteiger partial charge >= 0.3 is 0 Å². The summed E-state index contributed by atoms with van der Waals surface area (Å²) < 4.78 is 29.6. The number of carbonyl (C=O) groups is 2. The first kappa shape index (κ1) is 44.6. The van der Waals surface area contributed by atoms with Crippen LogP contribution in [0.2, 0.25) is 0 Å². The summed E-state index contributed by atoms with van der Waals surface area (Å²) in [5.41, 5.74) is 18.3. The van der Waals surface area contributed by atoms with E-state index in [4.69, 9.17) is 35.2 Å². The van der Waals surface area contributed by atoms with E-state index in [1.54, 1.807) is 6.08 Å². The van der Waals surface area contributed by atoms with Crippen LogP contribution in [-0.4, -0.2) is 87.4 Å². The number of likely N-dealkylation sites (tertiary alicyclic amines) is 2. The van der Waals surface area contributed by atoms with E-state index in [9.17, 15) is 9.59 Å². The minimum Gasteiger partial charge on any atom is -0.492 e. The van der Waals surface area contributed by atoms with Gasteiger partial charge in [0, 0.05) is 73.9 Å². The molecule has 2 amide bonds. The smallest absolute Gasteiger partial charge is 0.264 e. The molecule has 2 fully saturated rings. The van der Waals surface area contributed by atoms with Gasteiger partial charge in [0.25, 0.3) is 5.91 Å². The second-order valence-electron chi connectivity index (χ2n) is 16.3. The molecule has 13 heteroatoms. The number of thiophene rings is 1. The van der Waals surface area contributed by atoms with Crippen molar-refractivity contribution < 1.29 is 33.3 Å². The molecular weight excluding hydrogens is 857 g/mol. The third kappa shape index (κ3) is 9.97. The molecule has 2 spiro atoms. The first-order chi connectivity index (χ1) is 29.6. The van der Waals surface area contributed by atoms with Gasteiger partial charge in [-0.1, -0.05) is 54.7 Å². The molecule has 61 heavy (non-hydrogen) atoms. The highest BCUT2D eigenvalue weighted by Gasteiger charge is 2.45. The van der Waals surface area contributed by atoms with Gasteiger partial charge < -0.3 is 45.0 Å². The highest BCUT2D eigenvalue weighted by Crippen LogP contribution is 2.48. The summed E-state index contributed by atoms with van der Waals surface area (Å²) in [5, 5.41) is 0.800. The highest BCUT2D eigenvalue weighted by molar-refractivity contribution is 9.10. The first-order valence-corrected chi connectivity index (χ1v) is 23.1. The third-order valence-corrected chi connectivity index (χ3v) is 14.8. The summed E-state index contributed by atoms with van der Waals surface area (Å²) in [6.07, 6.45) is 8.06. The van der Waals surface area contributed by atoms with Crippen molar-refractivity contribution >= 4 is 45.2 Å². The number of piperidine rings is 2. The molecule has 0 radical (unpaired) electrons. The lowest BCUT2D eigenvalue weighted by atomic mass is 9.74. The van der Waals surface area contributed by atoms with Crippen molar-refractivity contribution in [3.05, 3.63) is 109 Å². The standard InChI is InChI=1S/C26H32N2O4.C22H27BrN2O3S/c1-2-30-14-15-31-22-5-3-4-20(16-22)7-9-25(29)28-12-10-26(11-13-28)19-32-24-8-6-21(18-27)17-23(24)26;1-3-10-27-21-18(23)14(2)19(29-21)20(26)25-8-6-22(7-9-25)13-28-17-5-4-15(12-24)11-16(17)22/h3-9,16-17H,2,10-15,18-19,27H2,1H3;4-5,11H,3,6-10,12-13,24H2,1-2H3/b9-7+;. The summed E-state index contributed by atoms with van der Waals surface area (Å²) in [7, 11) is 0. The van der Waals surface area contributed by atoms with E-state index in [-0.39, 0.29) is 22.6 Å². The van der Waals surface area contributed by atoms with Gasteiger partial charge in [0.05, 0.1) is 35.8 Å². The average molecular weight is 916 g/mol. The molecule has 1 aromatic heterocycles. The Morgan fingerprint density at radius 1 is 0.803 bits per heavy atom. The predicted octanol–water partition coefficient (Wildman–Crippen LogP) is 8.16. The normalized spacial score (nSPS) is 17.1. The number of carbonyl (C=O) groups excluding carboxylic acids is 2.